The number of halogens is 2. The van der Waals surface area contributed by atoms with Gasteiger partial charge in [-0.15, -0.1) is 0 Å². The van der Waals surface area contributed by atoms with Gasteiger partial charge in [0.25, 0.3) is 0 Å². The average Bonchev–Trinajstić information content (AvgIpc) is 2.95. The zero-order valence-corrected chi connectivity index (χ0v) is 15.1. The number of aryl methyl sites for hydroxylation is 2. The number of nitrogens with two attached hydrogens (primary N) is 1. The summed E-state index contributed by atoms with van der Waals surface area (Å²) in [5.41, 5.74) is 7.88. The number of guanidine groups is 1. The number of hydrogen-bond donors (Lipinski definition) is 2. The Morgan fingerprint density at radius 1 is 1.42 bits per heavy atom. The van der Waals surface area contributed by atoms with Crippen molar-refractivity contribution in [1.82, 2.24) is 14.9 Å². The predicted octanol–water partition coefficient (Wildman–Crippen LogP) is 3.69. The standard InChI is InChI=1S/C17H21Cl2N5/c1-11(14-6-5-12(18)8-15(14)19)22-17(20)21-9-13-10-24-7-3-2-4-16(24)23-13/h5-6,8,10-11H,2-4,7,9H2,1H3,(H3,20,21,22). The average molecular weight is 366 g/mol. The highest BCUT2D eigenvalue weighted by atomic mass is 35.5. The Morgan fingerprint density at radius 3 is 3.00 bits per heavy atom. The molecule has 1 unspecified atom stereocenters. The molecule has 3 N–H and O–H groups in total. The lowest BCUT2D eigenvalue weighted by Crippen LogP contribution is -2.34. The van der Waals surface area contributed by atoms with E-state index in [0.29, 0.717) is 22.5 Å². The summed E-state index contributed by atoms with van der Waals surface area (Å²) >= 11 is 12.1. The first-order valence-electron chi connectivity index (χ1n) is 8.09. The molecule has 2 heterocycles. The van der Waals surface area contributed by atoms with Gasteiger partial charge in [-0.2, -0.15) is 0 Å². The molecule has 1 atom stereocenters. The highest BCUT2D eigenvalue weighted by Gasteiger charge is 2.13. The molecule has 0 saturated heterocycles. The molecule has 1 aliphatic heterocycles. The highest BCUT2D eigenvalue weighted by Crippen LogP contribution is 2.25. The van der Waals surface area contributed by atoms with Gasteiger partial charge in [-0.1, -0.05) is 29.3 Å². The summed E-state index contributed by atoms with van der Waals surface area (Å²) in [4.78, 5) is 9.01. The highest BCUT2D eigenvalue weighted by molar-refractivity contribution is 6.35. The molecule has 7 heteroatoms. The van der Waals surface area contributed by atoms with Crippen molar-refractivity contribution in [1.29, 1.82) is 0 Å². The second-order valence-electron chi connectivity index (χ2n) is 6.03. The van der Waals surface area contributed by atoms with Crippen LogP contribution >= 0.6 is 23.2 Å². The summed E-state index contributed by atoms with van der Waals surface area (Å²) in [5.74, 6) is 1.53. The number of hydrogen-bond acceptors (Lipinski definition) is 2. The molecule has 0 spiro atoms. The number of rotatable bonds is 4. The Labute approximate surface area is 151 Å². The molecule has 1 aromatic carbocycles. The van der Waals surface area contributed by atoms with E-state index in [9.17, 15) is 0 Å². The van der Waals surface area contributed by atoms with Crippen LogP contribution in [0, 0.1) is 0 Å². The topological polar surface area (TPSA) is 68.2 Å². The van der Waals surface area contributed by atoms with Crippen LogP contribution in [0.15, 0.2) is 29.4 Å². The van der Waals surface area contributed by atoms with Crippen LogP contribution in [-0.4, -0.2) is 15.5 Å². The van der Waals surface area contributed by atoms with Crippen molar-refractivity contribution in [2.45, 2.75) is 45.3 Å². The molecule has 5 nitrogen and oxygen atoms in total. The Balaban J connectivity index is 1.62. The third kappa shape index (κ3) is 4.02. The molecular weight excluding hydrogens is 345 g/mol. The molecule has 1 aromatic heterocycles. The van der Waals surface area contributed by atoms with E-state index in [1.807, 2.05) is 19.1 Å². The van der Waals surface area contributed by atoms with Crippen LogP contribution in [0.1, 0.15) is 42.9 Å². The molecule has 24 heavy (non-hydrogen) atoms. The monoisotopic (exact) mass is 365 g/mol. The number of benzene rings is 1. The number of imidazole rings is 1. The maximum atomic E-state index is 6.22. The van der Waals surface area contributed by atoms with Gasteiger partial charge in [-0.25, -0.2) is 9.98 Å². The summed E-state index contributed by atoms with van der Waals surface area (Å²) in [7, 11) is 0. The molecule has 2 aromatic rings. The Morgan fingerprint density at radius 2 is 2.25 bits per heavy atom. The van der Waals surface area contributed by atoms with Gasteiger partial charge in [0.15, 0.2) is 5.96 Å². The lowest BCUT2D eigenvalue weighted by atomic mass is 10.1. The number of fused-ring (bicyclic) bond motifs is 1. The molecule has 128 valence electrons. The maximum absolute atomic E-state index is 6.22. The normalized spacial score (nSPS) is 15.9. The zero-order chi connectivity index (χ0) is 17.1. The van der Waals surface area contributed by atoms with Gasteiger partial charge in [0.05, 0.1) is 18.3 Å². The van der Waals surface area contributed by atoms with Crippen LogP contribution in [0.2, 0.25) is 10.0 Å². The molecule has 0 bridgehead atoms. The second kappa shape index (κ2) is 7.45. The lowest BCUT2D eigenvalue weighted by Gasteiger charge is -2.16. The van der Waals surface area contributed by atoms with Crippen molar-refractivity contribution in [2.24, 2.45) is 10.7 Å². The van der Waals surface area contributed by atoms with Gasteiger partial charge < -0.3 is 15.6 Å². The summed E-state index contributed by atoms with van der Waals surface area (Å²) < 4.78 is 2.22. The van der Waals surface area contributed by atoms with Gasteiger partial charge in [-0.05, 0) is 37.5 Å². The van der Waals surface area contributed by atoms with Crippen LogP contribution in [0.5, 0.6) is 0 Å². The van der Waals surface area contributed by atoms with E-state index < -0.39 is 0 Å². The van der Waals surface area contributed by atoms with Crippen LogP contribution in [0.4, 0.5) is 0 Å². The molecule has 1 aliphatic rings. The molecule has 0 radical (unpaired) electrons. The Bertz CT molecular complexity index is 730. The second-order valence-corrected chi connectivity index (χ2v) is 6.88. The van der Waals surface area contributed by atoms with E-state index >= 15 is 0 Å². The van der Waals surface area contributed by atoms with Crippen molar-refractivity contribution in [3.63, 3.8) is 0 Å². The van der Waals surface area contributed by atoms with E-state index in [-0.39, 0.29) is 6.04 Å². The largest absolute Gasteiger partial charge is 0.370 e. The Hall–Kier alpha value is -1.72. The molecular formula is C17H21Cl2N5. The SMILES string of the molecule is CC(NC(N)=NCc1cn2c(n1)CCCC2)c1ccc(Cl)cc1Cl. The summed E-state index contributed by atoms with van der Waals surface area (Å²) in [6.07, 6.45) is 5.55. The van der Waals surface area contributed by atoms with Crippen molar-refractivity contribution in [2.75, 3.05) is 0 Å². The van der Waals surface area contributed by atoms with Crippen molar-refractivity contribution in [3.05, 3.63) is 51.5 Å². The minimum Gasteiger partial charge on any atom is -0.370 e. The fourth-order valence-electron chi connectivity index (χ4n) is 2.91. The van der Waals surface area contributed by atoms with Crippen molar-refractivity contribution in [3.8, 4) is 0 Å². The third-order valence-electron chi connectivity index (χ3n) is 4.16. The third-order valence-corrected chi connectivity index (χ3v) is 4.73. The lowest BCUT2D eigenvalue weighted by molar-refractivity contribution is 0.522. The molecule has 0 saturated carbocycles. The fourth-order valence-corrected chi connectivity index (χ4v) is 3.48. The number of nitrogens with zero attached hydrogens (tertiary/aromatic N) is 3. The summed E-state index contributed by atoms with van der Waals surface area (Å²) in [5, 5.41) is 4.37. The molecule has 3 rings (SSSR count). The number of nitrogens with one attached hydrogen (secondary N) is 1. The maximum Gasteiger partial charge on any atom is 0.189 e. The smallest absolute Gasteiger partial charge is 0.189 e. The fraction of sp³-hybridized carbons (Fsp3) is 0.412. The first-order valence-corrected chi connectivity index (χ1v) is 8.85. The molecule has 0 fully saturated rings. The van der Waals surface area contributed by atoms with Gasteiger partial charge in [0.2, 0.25) is 0 Å². The van der Waals surface area contributed by atoms with Gasteiger partial charge in [0, 0.05) is 29.2 Å². The minimum absolute atomic E-state index is 0.0614. The predicted molar refractivity (Wildman–Crippen MR) is 98.5 cm³/mol. The van der Waals surface area contributed by atoms with Gasteiger partial charge in [-0.3, -0.25) is 0 Å². The van der Waals surface area contributed by atoms with Crippen molar-refractivity contribution < 1.29 is 0 Å². The minimum atomic E-state index is -0.0614. The van der Waals surface area contributed by atoms with E-state index in [0.717, 1.165) is 30.0 Å². The van der Waals surface area contributed by atoms with Gasteiger partial charge >= 0.3 is 0 Å². The Kier molecular flexibility index (Phi) is 5.31. The van der Waals surface area contributed by atoms with E-state index in [2.05, 4.69) is 26.1 Å². The van der Waals surface area contributed by atoms with Crippen LogP contribution < -0.4 is 11.1 Å². The van der Waals surface area contributed by atoms with E-state index in [4.69, 9.17) is 28.9 Å². The van der Waals surface area contributed by atoms with Gasteiger partial charge in [0.1, 0.15) is 5.82 Å². The molecule has 0 amide bonds. The number of aliphatic imine (C=N–C) groups is 1. The first-order chi connectivity index (χ1) is 11.5. The van der Waals surface area contributed by atoms with Crippen LogP contribution in [0.3, 0.4) is 0 Å². The summed E-state index contributed by atoms with van der Waals surface area (Å²) in [6.45, 7) is 3.50. The van der Waals surface area contributed by atoms with E-state index in [1.165, 1.54) is 12.8 Å². The zero-order valence-electron chi connectivity index (χ0n) is 13.6. The number of aromatic nitrogens is 2. The van der Waals surface area contributed by atoms with Crippen LogP contribution in [-0.2, 0) is 19.5 Å². The molecule has 0 aliphatic carbocycles. The van der Waals surface area contributed by atoms with E-state index in [1.54, 1.807) is 6.07 Å². The quantitative estimate of drug-likeness (QED) is 0.641. The van der Waals surface area contributed by atoms with Crippen LogP contribution in [0.25, 0.3) is 0 Å². The summed E-state index contributed by atoms with van der Waals surface area (Å²) in [6, 6.07) is 5.36. The van der Waals surface area contributed by atoms with Crippen molar-refractivity contribution >= 4 is 29.2 Å². The first kappa shape index (κ1) is 17.1.